The maximum absolute atomic E-state index is 12.3. The zero-order valence-corrected chi connectivity index (χ0v) is 14.5. The summed E-state index contributed by atoms with van der Waals surface area (Å²) in [6, 6.07) is 13.9. The molecule has 2 aromatic rings. The summed E-state index contributed by atoms with van der Waals surface area (Å²) >= 11 is 0. The van der Waals surface area contributed by atoms with Gasteiger partial charge in [0.25, 0.3) is 5.91 Å². The maximum Gasteiger partial charge on any atom is 0.251 e. The molecule has 1 fully saturated rings. The minimum absolute atomic E-state index is 0.00414. The topological polar surface area (TPSA) is 41.6 Å². The van der Waals surface area contributed by atoms with E-state index in [1.807, 2.05) is 36.4 Å². The molecule has 1 aliphatic rings. The molecule has 24 heavy (non-hydrogen) atoms. The quantitative estimate of drug-likeness (QED) is 0.859. The molecule has 0 radical (unpaired) electrons. The molecule has 3 rings (SSSR count). The summed E-state index contributed by atoms with van der Waals surface area (Å²) < 4.78 is 5.74. The Morgan fingerprint density at radius 1 is 1.12 bits per heavy atom. The first kappa shape index (κ1) is 16.9. The van der Waals surface area contributed by atoms with Crippen molar-refractivity contribution in [1.82, 2.24) is 10.2 Å². The molecule has 4 heteroatoms. The SMILES string of the molecule is C[C@@H]1CN(CCCNC(=O)c2ccc3ccccc3c2)C[C@@H](C)O1. The van der Waals surface area contributed by atoms with Crippen LogP contribution in [0.5, 0.6) is 0 Å². The van der Waals surface area contributed by atoms with Crippen LogP contribution in [0.3, 0.4) is 0 Å². The Labute approximate surface area is 143 Å². The third-order valence-corrected chi connectivity index (χ3v) is 4.44. The van der Waals surface area contributed by atoms with Crippen LogP contribution in [0.25, 0.3) is 10.8 Å². The zero-order chi connectivity index (χ0) is 16.9. The van der Waals surface area contributed by atoms with Gasteiger partial charge in [0, 0.05) is 31.7 Å². The van der Waals surface area contributed by atoms with Gasteiger partial charge < -0.3 is 10.1 Å². The van der Waals surface area contributed by atoms with Gasteiger partial charge in [-0.3, -0.25) is 9.69 Å². The van der Waals surface area contributed by atoms with E-state index in [-0.39, 0.29) is 5.91 Å². The van der Waals surface area contributed by atoms with Gasteiger partial charge in [-0.05, 0) is 43.2 Å². The third-order valence-electron chi connectivity index (χ3n) is 4.44. The van der Waals surface area contributed by atoms with E-state index in [4.69, 9.17) is 4.74 Å². The van der Waals surface area contributed by atoms with E-state index in [1.165, 1.54) is 0 Å². The third kappa shape index (κ3) is 4.34. The number of fused-ring (bicyclic) bond motifs is 1. The highest BCUT2D eigenvalue weighted by molar-refractivity contribution is 5.98. The van der Waals surface area contributed by atoms with Gasteiger partial charge in [-0.15, -0.1) is 0 Å². The van der Waals surface area contributed by atoms with E-state index in [1.54, 1.807) is 0 Å². The molecule has 0 aromatic heterocycles. The van der Waals surface area contributed by atoms with E-state index in [0.717, 1.165) is 42.4 Å². The number of carbonyl (C=O) groups is 1. The van der Waals surface area contributed by atoms with Crippen LogP contribution >= 0.6 is 0 Å². The molecule has 2 aromatic carbocycles. The van der Waals surface area contributed by atoms with Gasteiger partial charge in [-0.2, -0.15) is 0 Å². The number of rotatable bonds is 5. The number of amides is 1. The standard InChI is InChI=1S/C20H26N2O2/c1-15-13-22(14-16(2)24-15)11-5-10-21-20(23)19-9-8-17-6-3-4-7-18(17)12-19/h3-4,6-9,12,15-16H,5,10-11,13-14H2,1-2H3,(H,21,23)/t15-,16-/m1/s1. The number of morpholine rings is 1. The number of hydrogen-bond donors (Lipinski definition) is 1. The minimum atomic E-state index is 0.00414. The average Bonchev–Trinajstić information content (AvgIpc) is 2.57. The molecule has 0 saturated carbocycles. The van der Waals surface area contributed by atoms with Crippen molar-refractivity contribution in [3.8, 4) is 0 Å². The first-order chi connectivity index (χ1) is 11.6. The van der Waals surface area contributed by atoms with Crippen molar-refractivity contribution in [1.29, 1.82) is 0 Å². The van der Waals surface area contributed by atoms with Crippen molar-refractivity contribution >= 4 is 16.7 Å². The molecule has 1 N–H and O–H groups in total. The van der Waals surface area contributed by atoms with E-state index in [9.17, 15) is 4.79 Å². The number of benzene rings is 2. The first-order valence-corrected chi connectivity index (χ1v) is 8.76. The van der Waals surface area contributed by atoms with Crippen molar-refractivity contribution in [2.45, 2.75) is 32.5 Å². The smallest absolute Gasteiger partial charge is 0.251 e. The van der Waals surface area contributed by atoms with Crippen LogP contribution in [0, 0.1) is 0 Å². The predicted molar refractivity (Wildman–Crippen MR) is 97.3 cm³/mol. The van der Waals surface area contributed by atoms with E-state index in [0.29, 0.717) is 18.8 Å². The summed E-state index contributed by atoms with van der Waals surface area (Å²) in [4.78, 5) is 14.7. The van der Waals surface area contributed by atoms with Gasteiger partial charge in [0.05, 0.1) is 12.2 Å². The molecule has 0 spiro atoms. The fourth-order valence-electron chi connectivity index (χ4n) is 3.40. The van der Waals surface area contributed by atoms with E-state index in [2.05, 4.69) is 30.1 Å². The molecule has 0 bridgehead atoms. The van der Waals surface area contributed by atoms with Gasteiger partial charge >= 0.3 is 0 Å². The van der Waals surface area contributed by atoms with Crippen LogP contribution in [-0.4, -0.2) is 49.2 Å². The van der Waals surface area contributed by atoms with Crippen LogP contribution in [0.4, 0.5) is 0 Å². The zero-order valence-electron chi connectivity index (χ0n) is 14.5. The lowest BCUT2D eigenvalue weighted by Gasteiger charge is -2.35. The highest BCUT2D eigenvalue weighted by Gasteiger charge is 2.21. The Balaban J connectivity index is 1.46. The molecule has 0 aliphatic carbocycles. The molecule has 128 valence electrons. The summed E-state index contributed by atoms with van der Waals surface area (Å²) in [6.07, 6.45) is 1.54. The van der Waals surface area contributed by atoms with Gasteiger partial charge in [-0.1, -0.05) is 30.3 Å². The summed E-state index contributed by atoms with van der Waals surface area (Å²) in [7, 11) is 0. The monoisotopic (exact) mass is 326 g/mol. The Bertz CT molecular complexity index is 691. The lowest BCUT2D eigenvalue weighted by molar-refractivity contribution is -0.0679. The lowest BCUT2D eigenvalue weighted by atomic mass is 10.1. The maximum atomic E-state index is 12.3. The van der Waals surface area contributed by atoms with Gasteiger partial charge in [0.1, 0.15) is 0 Å². The molecule has 1 aliphatic heterocycles. The van der Waals surface area contributed by atoms with Crippen molar-refractivity contribution in [3.63, 3.8) is 0 Å². The summed E-state index contributed by atoms with van der Waals surface area (Å²) in [5.41, 5.74) is 0.724. The Morgan fingerprint density at radius 3 is 2.58 bits per heavy atom. The Morgan fingerprint density at radius 2 is 1.83 bits per heavy atom. The summed E-state index contributed by atoms with van der Waals surface area (Å²) in [6.45, 7) is 7.88. The van der Waals surface area contributed by atoms with Crippen molar-refractivity contribution in [2.24, 2.45) is 0 Å². The second-order valence-corrected chi connectivity index (χ2v) is 6.69. The fourth-order valence-corrected chi connectivity index (χ4v) is 3.40. The highest BCUT2D eigenvalue weighted by Crippen LogP contribution is 2.15. The van der Waals surface area contributed by atoms with Crippen LogP contribution in [-0.2, 0) is 4.74 Å². The number of nitrogens with one attached hydrogen (secondary N) is 1. The minimum Gasteiger partial charge on any atom is -0.373 e. The molecular formula is C20H26N2O2. The Hall–Kier alpha value is -1.91. The average molecular weight is 326 g/mol. The van der Waals surface area contributed by atoms with Crippen molar-refractivity contribution < 1.29 is 9.53 Å². The first-order valence-electron chi connectivity index (χ1n) is 8.76. The molecule has 0 unspecified atom stereocenters. The number of hydrogen-bond acceptors (Lipinski definition) is 3. The normalized spacial score (nSPS) is 21.8. The molecule has 1 saturated heterocycles. The van der Waals surface area contributed by atoms with E-state index < -0.39 is 0 Å². The Kier molecular flexibility index (Phi) is 5.48. The molecule has 1 amide bonds. The lowest BCUT2D eigenvalue weighted by Crippen LogP contribution is -2.46. The number of ether oxygens (including phenoxy) is 1. The number of carbonyl (C=O) groups excluding carboxylic acids is 1. The molecular weight excluding hydrogens is 300 g/mol. The molecule has 4 nitrogen and oxygen atoms in total. The molecule has 1 heterocycles. The number of nitrogens with zero attached hydrogens (tertiary/aromatic N) is 1. The van der Waals surface area contributed by atoms with Gasteiger partial charge in [-0.25, -0.2) is 0 Å². The van der Waals surface area contributed by atoms with Gasteiger partial charge in [0.15, 0.2) is 0 Å². The fraction of sp³-hybridized carbons (Fsp3) is 0.450. The van der Waals surface area contributed by atoms with Crippen LogP contribution < -0.4 is 5.32 Å². The van der Waals surface area contributed by atoms with Crippen molar-refractivity contribution in [2.75, 3.05) is 26.2 Å². The second-order valence-electron chi connectivity index (χ2n) is 6.69. The second kappa shape index (κ2) is 7.77. The van der Waals surface area contributed by atoms with Crippen molar-refractivity contribution in [3.05, 3.63) is 48.0 Å². The predicted octanol–water partition coefficient (Wildman–Crippen LogP) is 3.07. The summed E-state index contributed by atoms with van der Waals surface area (Å²) in [5, 5.41) is 5.28. The highest BCUT2D eigenvalue weighted by atomic mass is 16.5. The molecule has 2 atom stereocenters. The largest absolute Gasteiger partial charge is 0.373 e. The van der Waals surface area contributed by atoms with Crippen LogP contribution in [0.15, 0.2) is 42.5 Å². The van der Waals surface area contributed by atoms with Gasteiger partial charge in [0.2, 0.25) is 0 Å². The summed E-state index contributed by atoms with van der Waals surface area (Å²) in [5.74, 6) is 0.00414. The van der Waals surface area contributed by atoms with E-state index >= 15 is 0 Å². The van der Waals surface area contributed by atoms with Crippen LogP contribution in [0.2, 0.25) is 0 Å². The van der Waals surface area contributed by atoms with Crippen LogP contribution in [0.1, 0.15) is 30.6 Å².